The Hall–Kier alpha value is -2.27. The van der Waals surface area contributed by atoms with Crippen LogP contribution in [0.15, 0.2) is 82.6 Å². The summed E-state index contributed by atoms with van der Waals surface area (Å²) >= 11 is 1.81. The van der Waals surface area contributed by atoms with Gasteiger partial charge in [0.25, 0.3) is 0 Å². The summed E-state index contributed by atoms with van der Waals surface area (Å²) in [5.41, 5.74) is 4.56. The normalized spacial score (nSPS) is 16.6. The number of nitrogens with zero attached hydrogens (tertiary/aromatic N) is 1. The molecule has 2 aliphatic heterocycles. The Morgan fingerprint density at radius 3 is 1.84 bits per heavy atom. The van der Waals surface area contributed by atoms with Gasteiger partial charge in [-0.15, -0.1) is 0 Å². The van der Waals surface area contributed by atoms with Crippen molar-refractivity contribution in [1.82, 2.24) is 0 Å². The molecule has 5 rings (SSSR count). The molecule has 2 heterocycles. The van der Waals surface area contributed by atoms with E-state index in [-0.39, 0.29) is 6.29 Å². The molecule has 1 fully saturated rings. The maximum Gasteiger partial charge on any atom is 0.186 e. The molecule has 1 saturated heterocycles. The van der Waals surface area contributed by atoms with E-state index in [9.17, 15) is 0 Å². The van der Waals surface area contributed by atoms with E-state index in [4.69, 9.17) is 9.47 Å². The third-order valence-corrected chi connectivity index (χ3v) is 5.62. The fraction of sp³-hybridized carbons (Fsp3) is 0.143. The Bertz CT molecular complexity index is 876. The lowest BCUT2D eigenvalue weighted by molar-refractivity contribution is -0.0436. The van der Waals surface area contributed by atoms with E-state index in [0.717, 1.165) is 11.3 Å². The molecule has 3 aromatic carbocycles. The Morgan fingerprint density at radius 1 is 0.680 bits per heavy atom. The Kier molecular flexibility index (Phi) is 3.74. The SMILES string of the molecule is c1ccc2c(c1)Sc1ccccc1N2c1ccccc1C1OCCO1. The van der Waals surface area contributed by atoms with Crippen molar-refractivity contribution in [1.29, 1.82) is 0 Å². The molecular weight excluding hydrogens is 330 g/mol. The predicted octanol–water partition coefficient (Wildman–Crippen LogP) is 5.67. The number of fused-ring (bicyclic) bond motifs is 2. The van der Waals surface area contributed by atoms with Crippen LogP contribution in [0.2, 0.25) is 0 Å². The van der Waals surface area contributed by atoms with E-state index in [1.165, 1.54) is 21.2 Å². The molecule has 25 heavy (non-hydrogen) atoms. The van der Waals surface area contributed by atoms with Crippen LogP contribution in [0.1, 0.15) is 11.9 Å². The lowest BCUT2D eigenvalue weighted by Crippen LogP contribution is -2.17. The number of benzene rings is 3. The molecule has 0 saturated carbocycles. The molecule has 0 atom stereocenters. The zero-order chi connectivity index (χ0) is 16.6. The minimum atomic E-state index is -0.301. The quantitative estimate of drug-likeness (QED) is 0.466. The standard InChI is InChI=1S/C21H17NO2S/c1-2-8-16(15(7-1)21-23-13-14-24-21)22-17-9-3-5-11-19(17)25-20-12-6-4-10-18(20)22/h1-12,21H,13-14H2. The van der Waals surface area contributed by atoms with Gasteiger partial charge in [-0.25, -0.2) is 0 Å². The molecular formula is C21H17NO2S. The van der Waals surface area contributed by atoms with Gasteiger partial charge in [-0.1, -0.05) is 54.2 Å². The van der Waals surface area contributed by atoms with Gasteiger partial charge in [-0.3, -0.25) is 0 Å². The molecule has 0 aromatic heterocycles. The van der Waals surface area contributed by atoms with Crippen LogP contribution < -0.4 is 4.90 Å². The number of hydrogen-bond acceptors (Lipinski definition) is 4. The molecule has 0 spiro atoms. The van der Waals surface area contributed by atoms with Crippen molar-refractivity contribution in [3.63, 3.8) is 0 Å². The van der Waals surface area contributed by atoms with Gasteiger partial charge in [0.15, 0.2) is 6.29 Å². The first-order valence-electron chi connectivity index (χ1n) is 8.40. The highest BCUT2D eigenvalue weighted by Gasteiger charge is 2.29. The van der Waals surface area contributed by atoms with E-state index in [0.29, 0.717) is 13.2 Å². The molecule has 4 heteroatoms. The van der Waals surface area contributed by atoms with Crippen molar-refractivity contribution in [2.45, 2.75) is 16.1 Å². The second kappa shape index (κ2) is 6.23. The summed E-state index contributed by atoms with van der Waals surface area (Å²) in [5, 5.41) is 0. The summed E-state index contributed by atoms with van der Waals surface area (Å²) in [6.07, 6.45) is -0.301. The molecule has 0 radical (unpaired) electrons. The van der Waals surface area contributed by atoms with Gasteiger partial charge in [-0.05, 0) is 30.3 Å². The van der Waals surface area contributed by atoms with Gasteiger partial charge in [-0.2, -0.15) is 0 Å². The highest BCUT2D eigenvalue weighted by atomic mass is 32.2. The number of anilines is 3. The summed E-state index contributed by atoms with van der Waals surface area (Å²) in [6.45, 7) is 1.28. The third kappa shape index (κ3) is 2.54. The summed E-state index contributed by atoms with van der Waals surface area (Å²) < 4.78 is 11.6. The lowest BCUT2D eigenvalue weighted by Gasteiger charge is -2.34. The van der Waals surface area contributed by atoms with Crippen LogP contribution in [0.25, 0.3) is 0 Å². The van der Waals surface area contributed by atoms with Crippen LogP contribution in [0.5, 0.6) is 0 Å². The Balaban J connectivity index is 1.72. The van der Waals surface area contributed by atoms with Crippen molar-refractivity contribution >= 4 is 28.8 Å². The molecule has 2 aliphatic rings. The van der Waals surface area contributed by atoms with Crippen molar-refractivity contribution < 1.29 is 9.47 Å². The largest absolute Gasteiger partial charge is 0.346 e. The minimum Gasteiger partial charge on any atom is -0.346 e. The summed E-state index contributed by atoms with van der Waals surface area (Å²) in [6, 6.07) is 25.4. The lowest BCUT2D eigenvalue weighted by atomic mass is 10.1. The average Bonchev–Trinajstić information content (AvgIpc) is 3.21. The number of rotatable bonds is 2. The van der Waals surface area contributed by atoms with Gasteiger partial charge >= 0.3 is 0 Å². The van der Waals surface area contributed by atoms with Gasteiger partial charge in [0.1, 0.15) is 0 Å². The number of para-hydroxylation sites is 3. The first-order chi connectivity index (χ1) is 12.4. The Labute approximate surface area is 151 Å². The van der Waals surface area contributed by atoms with E-state index in [1.54, 1.807) is 0 Å². The molecule has 124 valence electrons. The second-order valence-corrected chi connectivity index (χ2v) is 7.09. The molecule has 0 bridgehead atoms. The zero-order valence-corrected chi connectivity index (χ0v) is 14.4. The summed E-state index contributed by atoms with van der Waals surface area (Å²) in [4.78, 5) is 4.83. The number of ether oxygens (including phenoxy) is 2. The van der Waals surface area contributed by atoms with Gasteiger partial charge in [0.05, 0.1) is 30.3 Å². The molecule has 0 unspecified atom stereocenters. The number of hydrogen-bond donors (Lipinski definition) is 0. The van der Waals surface area contributed by atoms with Crippen LogP contribution >= 0.6 is 11.8 Å². The van der Waals surface area contributed by atoms with Crippen molar-refractivity contribution in [2.75, 3.05) is 18.1 Å². The average molecular weight is 347 g/mol. The monoisotopic (exact) mass is 347 g/mol. The molecule has 0 N–H and O–H groups in total. The minimum absolute atomic E-state index is 0.301. The summed E-state index contributed by atoms with van der Waals surface area (Å²) in [7, 11) is 0. The fourth-order valence-corrected chi connectivity index (χ4v) is 4.45. The third-order valence-electron chi connectivity index (χ3n) is 4.49. The maximum absolute atomic E-state index is 5.79. The maximum atomic E-state index is 5.79. The smallest absolute Gasteiger partial charge is 0.186 e. The van der Waals surface area contributed by atoms with Crippen molar-refractivity contribution in [2.24, 2.45) is 0 Å². The van der Waals surface area contributed by atoms with E-state index in [1.807, 2.05) is 17.8 Å². The van der Waals surface area contributed by atoms with Crippen molar-refractivity contribution in [3.8, 4) is 0 Å². The topological polar surface area (TPSA) is 21.7 Å². The van der Waals surface area contributed by atoms with Crippen LogP contribution in [0.3, 0.4) is 0 Å². The molecule has 0 amide bonds. The van der Waals surface area contributed by atoms with Gasteiger partial charge in [0.2, 0.25) is 0 Å². The van der Waals surface area contributed by atoms with E-state index in [2.05, 4.69) is 71.6 Å². The molecule has 3 nitrogen and oxygen atoms in total. The van der Waals surface area contributed by atoms with E-state index >= 15 is 0 Å². The zero-order valence-electron chi connectivity index (χ0n) is 13.6. The first kappa shape index (κ1) is 15.0. The molecule has 0 aliphatic carbocycles. The van der Waals surface area contributed by atoms with Gasteiger partial charge in [0, 0.05) is 15.4 Å². The van der Waals surface area contributed by atoms with Gasteiger partial charge < -0.3 is 14.4 Å². The Morgan fingerprint density at radius 2 is 1.20 bits per heavy atom. The summed E-state index contributed by atoms with van der Waals surface area (Å²) in [5.74, 6) is 0. The molecule has 3 aromatic rings. The predicted molar refractivity (Wildman–Crippen MR) is 99.9 cm³/mol. The van der Waals surface area contributed by atoms with Crippen LogP contribution in [-0.2, 0) is 9.47 Å². The van der Waals surface area contributed by atoms with E-state index < -0.39 is 0 Å². The van der Waals surface area contributed by atoms with Crippen LogP contribution in [-0.4, -0.2) is 13.2 Å². The highest BCUT2D eigenvalue weighted by molar-refractivity contribution is 7.99. The second-order valence-electron chi connectivity index (χ2n) is 6.01. The first-order valence-corrected chi connectivity index (χ1v) is 9.22. The highest BCUT2D eigenvalue weighted by Crippen LogP contribution is 2.52. The van der Waals surface area contributed by atoms with Crippen LogP contribution in [0, 0.1) is 0 Å². The van der Waals surface area contributed by atoms with Crippen molar-refractivity contribution in [3.05, 3.63) is 78.4 Å². The van der Waals surface area contributed by atoms with Crippen LogP contribution in [0.4, 0.5) is 17.1 Å². The fourth-order valence-electron chi connectivity index (χ4n) is 3.39.